The molecule has 0 radical (unpaired) electrons. The van der Waals surface area contributed by atoms with E-state index in [2.05, 4.69) is 15.3 Å². The fraction of sp³-hybridized carbons (Fsp3) is 0.538. The Morgan fingerprint density at radius 1 is 1.47 bits per heavy atom. The van der Waals surface area contributed by atoms with Crippen molar-refractivity contribution in [3.05, 3.63) is 29.6 Å². The van der Waals surface area contributed by atoms with E-state index >= 15 is 0 Å². The molecule has 0 saturated heterocycles. The van der Waals surface area contributed by atoms with Crippen molar-refractivity contribution in [3.8, 4) is 0 Å². The number of guanidine groups is 1. The highest BCUT2D eigenvalue weighted by Crippen LogP contribution is 1.99. The number of rotatable bonds is 7. The molecule has 0 unspecified atom stereocenters. The normalized spacial score (nSPS) is 10.9. The second kappa shape index (κ2) is 11.0. The summed E-state index contributed by atoms with van der Waals surface area (Å²) >= 11 is 0. The van der Waals surface area contributed by atoms with E-state index < -0.39 is 0 Å². The number of aliphatic imine (C=N–C) groups is 1. The molecule has 1 aromatic heterocycles. The summed E-state index contributed by atoms with van der Waals surface area (Å²) in [5.41, 5.74) is 7.66. The topological polar surface area (TPSA) is 72.5 Å². The molecule has 1 rings (SSSR count). The smallest absolute Gasteiger partial charge is 0.188 e. The van der Waals surface area contributed by atoms with E-state index in [1.807, 2.05) is 32.0 Å². The number of nitrogens with zero attached hydrogens (tertiary/aromatic N) is 2. The molecule has 3 N–H and O–H groups in total. The Morgan fingerprint density at radius 3 is 2.95 bits per heavy atom. The van der Waals surface area contributed by atoms with E-state index in [1.165, 1.54) is 0 Å². The summed E-state index contributed by atoms with van der Waals surface area (Å²) in [7, 11) is 0. The zero-order chi connectivity index (χ0) is 13.2. The number of ether oxygens (including phenoxy) is 1. The van der Waals surface area contributed by atoms with Crippen molar-refractivity contribution in [2.75, 3.05) is 19.8 Å². The number of aryl methyl sites for hydroxylation is 1. The molecule has 108 valence electrons. The lowest BCUT2D eigenvalue weighted by atomic mass is 10.3. The highest BCUT2D eigenvalue weighted by atomic mass is 127. The lowest BCUT2D eigenvalue weighted by molar-refractivity contribution is 0.145. The van der Waals surface area contributed by atoms with Crippen LogP contribution in [0.5, 0.6) is 0 Å². The van der Waals surface area contributed by atoms with Gasteiger partial charge in [-0.15, -0.1) is 24.0 Å². The van der Waals surface area contributed by atoms with Crippen molar-refractivity contribution >= 4 is 29.9 Å². The van der Waals surface area contributed by atoms with Gasteiger partial charge in [-0.05, 0) is 32.4 Å². The molecule has 0 aliphatic rings. The number of pyridine rings is 1. The average Bonchev–Trinajstić information content (AvgIpc) is 2.36. The van der Waals surface area contributed by atoms with E-state index in [4.69, 9.17) is 10.5 Å². The van der Waals surface area contributed by atoms with Crippen LogP contribution in [0.3, 0.4) is 0 Å². The van der Waals surface area contributed by atoms with Crippen molar-refractivity contribution in [2.45, 2.75) is 26.8 Å². The Labute approximate surface area is 132 Å². The molecule has 0 aromatic carbocycles. The minimum absolute atomic E-state index is 0. The summed E-state index contributed by atoms with van der Waals surface area (Å²) in [5, 5.41) is 3.05. The summed E-state index contributed by atoms with van der Waals surface area (Å²) in [6.45, 7) is 6.72. The lowest BCUT2D eigenvalue weighted by Gasteiger charge is -2.05. The zero-order valence-electron chi connectivity index (χ0n) is 11.6. The van der Waals surface area contributed by atoms with Crippen molar-refractivity contribution < 1.29 is 4.74 Å². The van der Waals surface area contributed by atoms with Gasteiger partial charge in [-0.25, -0.2) is 4.99 Å². The van der Waals surface area contributed by atoms with Crippen molar-refractivity contribution in [1.82, 2.24) is 10.3 Å². The van der Waals surface area contributed by atoms with Crippen LogP contribution in [0.4, 0.5) is 0 Å². The van der Waals surface area contributed by atoms with E-state index in [-0.39, 0.29) is 24.0 Å². The number of nitrogens with one attached hydrogen (secondary N) is 1. The third kappa shape index (κ3) is 8.77. The highest BCUT2D eigenvalue weighted by molar-refractivity contribution is 14.0. The molecular weight excluding hydrogens is 355 g/mol. The average molecular weight is 378 g/mol. The molecule has 0 aliphatic heterocycles. The van der Waals surface area contributed by atoms with Gasteiger partial charge >= 0.3 is 0 Å². The van der Waals surface area contributed by atoms with Gasteiger partial charge in [0.25, 0.3) is 0 Å². The molecule has 0 bridgehead atoms. The third-order valence-electron chi connectivity index (χ3n) is 2.33. The van der Waals surface area contributed by atoms with Crippen LogP contribution in [0.15, 0.2) is 23.2 Å². The van der Waals surface area contributed by atoms with Gasteiger partial charge in [0.15, 0.2) is 5.96 Å². The van der Waals surface area contributed by atoms with Crippen LogP contribution in [0.25, 0.3) is 0 Å². The lowest BCUT2D eigenvalue weighted by Crippen LogP contribution is -2.32. The number of aromatic nitrogens is 1. The fourth-order valence-corrected chi connectivity index (χ4v) is 1.44. The Hall–Kier alpha value is -0.890. The molecule has 19 heavy (non-hydrogen) atoms. The molecular formula is C13H23IN4O. The first-order chi connectivity index (χ1) is 8.72. The Bertz CT molecular complexity index is 385. The number of nitrogens with two attached hydrogens (primary N) is 1. The first-order valence-electron chi connectivity index (χ1n) is 6.26. The largest absolute Gasteiger partial charge is 0.382 e. The van der Waals surface area contributed by atoms with Crippen molar-refractivity contribution in [1.29, 1.82) is 0 Å². The molecule has 5 nitrogen and oxygen atoms in total. The van der Waals surface area contributed by atoms with Gasteiger partial charge in [0, 0.05) is 25.5 Å². The second-order valence-corrected chi connectivity index (χ2v) is 3.95. The van der Waals surface area contributed by atoms with Crippen LogP contribution in [0.1, 0.15) is 24.7 Å². The summed E-state index contributed by atoms with van der Waals surface area (Å²) < 4.78 is 5.23. The van der Waals surface area contributed by atoms with E-state index in [0.29, 0.717) is 12.5 Å². The maximum atomic E-state index is 5.74. The molecule has 1 heterocycles. The SMILES string of the molecule is CCOCCCNC(N)=NCc1cccc(C)n1.I. The van der Waals surface area contributed by atoms with Crippen LogP contribution < -0.4 is 11.1 Å². The molecule has 0 spiro atoms. The summed E-state index contributed by atoms with van der Waals surface area (Å²) in [5.74, 6) is 0.454. The molecule has 0 amide bonds. The van der Waals surface area contributed by atoms with E-state index in [0.717, 1.165) is 37.6 Å². The number of hydrogen-bond acceptors (Lipinski definition) is 3. The predicted molar refractivity (Wildman–Crippen MR) is 88.8 cm³/mol. The maximum Gasteiger partial charge on any atom is 0.188 e. The number of halogens is 1. The second-order valence-electron chi connectivity index (χ2n) is 3.95. The molecule has 0 fully saturated rings. The van der Waals surface area contributed by atoms with E-state index in [9.17, 15) is 0 Å². The van der Waals surface area contributed by atoms with Crippen molar-refractivity contribution in [2.24, 2.45) is 10.7 Å². The van der Waals surface area contributed by atoms with Crippen LogP contribution in [-0.2, 0) is 11.3 Å². The third-order valence-corrected chi connectivity index (χ3v) is 2.33. The van der Waals surface area contributed by atoms with Gasteiger partial charge in [-0.2, -0.15) is 0 Å². The Morgan fingerprint density at radius 2 is 2.26 bits per heavy atom. The van der Waals surface area contributed by atoms with Crippen LogP contribution in [0, 0.1) is 6.92 Å². The van der Waals surface area contributed by atoms with Crippen LogP contribution in [-0.4, -0.2) is 30.7 Å². The standard InChI is InChI=1S/C13H22N4O.HI/c1-3-18-9-5-8-15-13(14)16-10-12-7-4-6-11(2)17-12;/h4,6-7H,3,5,8-10H2,1-2H3,(H3,14,15,16);1H. The predicted octanol–water partition coefficient (Wildman–Crippen LogP) is 1.84. The van der Waals surface area contributed by atoms with Gasteiger partial charge in [-0.1, -0.05) is 6.07 Å². The van der Waals surface area contributed by atoms with Gasteiger partial charge in [-0.3, -0.25) is 4.98 Å². The van der Waals surface area contributed by atoms with Gasteiger partial charge < -0.3 is 15.8 Å². The maximum absolute atomic E-state index is 5.74. The Balaban J connectivity index is 0.00000324. The van der Waals surface area contributed by atoms with Crippen molar-refractivity contribution in [3.63, 3.8) is 0 Å². The highest BCUT2D eigenvalue weighted by Gasteiger charge is 1.95. The van der Waals surface area contributed by atoms with Crippen LogP contribution in [0.2, 0.25) is 0 Å². The molecule has 1 aromatic rings. The summed E-state index contributed by atoms with van der Waals surface area (Å²) in [4.78, 5) is 8.59. The summed E-state index contributed by atoms with van der Waals surface area (Å²) in [6, 6.07) is 5.88. The Kier molecular flexibility index (Phi) is 10.5. The molecule has 0 atom stereocenters. The monoisotopic (exact) mass is 378 g/mol. The van der Waals surface area contributed by atoms with Crippen LogP contribution >= 0.6 is 24.0 Å². The van der Waals surface area contributed by atoms with Gasteiger partial charge in [0.2, 0.25) is 0 Å². The number of hydrogen-bond donors (Lipinski definition) is 2. The van der Waals surface area contributed by atoms with E-state index in [1.54, 1.807) is 0 Å². The first kappa shape index (κ1) is 18.1. The minimum Gasteiger partial charge on any atom is -0.382 e. The molecule has 0 saturated carbocycles. The minimum atomic E-state index is 0. The first-order valence-corrected chi connectivity index (χ1v) is 6.26. The molecule has 6 heteroatoms. The zero-order valence-corrected chi connectivity index (χ0v) is 13.9. The summed E-state index contributed by atoms with van der Waals surface area (Å²) in [6.07, 6.45) is 0.923. The fourth-order valence-electron chi connectivity index (χ4n) is 1.44. The van der Waals surface area contributed by atoms with Gasteiger partial charge in [0.1, 0.15) is 0 Å². The molecule has 0 aliphatic carbocycles. The van der Waals surface area contributed by atoms with Gasteiger partial charge in [0.05, 0.1) is 12.2 Å². The quantitative estimate of drug-likeness (QED) is 0.329.